The number of rotatable bonds is 5. The molecule has 0 aliphatic carbocycles. The van der Waals surface area contributed by atoms with Gasteiger partial charge in [0.1, 0.15) is 0 Å². The van der Waals surface area contributed by atoms with E-state index in [9.17, 15) is 4.79 Å². The molecule has 0 N–H and O–H groups in total. The predicted molar refractivity (Wildman–Crippen MR) is 97.2 cm³/mol. The SMILES string of the molecule is COCc1ccc(-c2ccc(C(=O)c3ccc(C)cc3)cc2)cc1. The Morgan fingerprint density at radius 2 is 1.21 bits per heavy atom. The highest BCUT2D eigenvalue weighted by molar-refractivity contribution is 6.09. The summed E-state index contributed by atoms with van der Waals surface area (Å²) in [7, 11) is 1.69. The lowest BCUT2D eigenvalue weighted by Crippen LogP contribution is -2.00. The van der Waals surface area contributed by atoms with Crippen LogP contribution in [0.2, 0.25) is 0 Å². The first-order chi connectivity index (χ1) is 11.7. The van der Waals surface area contributed by atoms with Crippen molar-refractivity contribution in [3.63, 3.8) is 0 Å². The molecule has 3 aromatic carbocycles. The summed E-state index contributed by atoms with van der Waals surface area (Å²) in [5.74, 6) is 0.0528. The largest absolute Gasteiger partial charge is 0.380 e. The highest BCUT2D eigenvalue weighted by Crippen LogP contribution is 2.21. The maximum Gasteiger partial charge on any atom is 0.193 e. The van der Waals surface area contributed by atoms with Gasteiger partial charge >= 0.3 is 0 Å². The Bertz CT molecular complexity index is 813. The van der Waals surface area contributed by atoms with Crippen molar-refractivity contribution in [1.29, 1.82) is 0 Å². The average molecular weight is 316 g/mol. The Balaban J connectivity index is 1.79. The Kier molecular flexibility index (Phi) is 4.88. The molecule has 0 atom stereocenters. The van der Waals surface area contributed by atoms with Gasteiger partial charge in [0.05, 0.1) is 6.61 Å². The van der Waals surface area contributed by atoms with Crippen LogP contribution in [0.5, 0.6) is 0 Å². The minimum atomic E-state index is 0.0528. The van der Waals surface area contributed by atoms with Gasteiger partial charge in [-0.3, -0.25) is 4.79 Å². The zero-order chi connectivity index (χ0) is 16.9. The molecule has 0 amide bonds. The second kappa shape index (κ2) is 7.24. The normalized spacial score (nSPS) is 10.6. The highest BCUT2D eigenvalue weighted by Gasteiger charge is 2.09. The van der Waals surface area contributed by atoms with Gasteiger partial charge in [-0.2, -0.15) is 0 Å². The van der Waals surface area contributed by atoms with Gasteiger partial charge in [-0.1, -0.05) is 78.4 Å². The van der Waals surface area contributed by atoms with Crippen molar-refractivity contribution in [2.24, 2.45) is 0 Å². The molecule has 0 aliphatic heterocycles. The third kappa shape index (κ3) is 3.61. The summed E-state index contributed by atoms with van der Waals surface area (Å²) in [6.07, 6.45) is 0. The van der Waals surface area contributed by atoms with Gasteiger partial charge in [0, 0.05) is 18.2 Å². The number of hydrogen-bond acceptors (Lipinski definition) is 2. The highest BCUT2D eigenvalue weighted by atomic mass is 16.5. The number of carbonyl (C=O) groups excluding carboxylic acids is 1. The van der Waals surface area contributed by atoms with E-state index in [2.05, 4.69) is 24.3 Å². The molecule has 0 aromatic heterocycles. The molecular weight excluding hydrogens is 296 g/mol. The van der Waals surface area contributed by atoms with E-state index in [4.69, 9.17) is 4.74 Å². The van der Waals surface area contributed by atoms with Crippen LogP contribution < -0.4 is 0 Å². The fraction of sp³-hybridized carbons (Fsp3) is 0.136. The molecule has 0 spiro atoms. The van der Waals surface area contributed by atoms with Crippen molar-refractivity contribution >= 4 is 5.78 Å². The van der Waals surface area contributed by atoms with Gasteiger partial charge < -0.3 is 4.74 Å². The lowest BCUT2D eigenvalue weighted by molar-refractivity contribution is 0.103. The summed E-state index contributed by atoms with van der Waals surface area (Å²) < 4.78 is 5.13. The zero-order valence-electron chi connectivity index (χ0n) is 14.0. The zero-order valence-corrected chi connectivity index (χ0v) is 14.0. The molecule has 120 valence electrons. The van der Waals surface area contributed by atoms with E-state index in [1.165, 1.54) is 0 Å². The second-order valence-corrected chi connectivity index (χ2v) is 5.90. The van der Waals surface area contributed by atoms with Gasteiger partial charge in [-0.15, -0.1) is 0 Å². The van der Waals surface area contributed by atoms with Gasteiger partial charge in [-0.25, -0.2) is 0 Å². The van der Waals surface area contributed by atoms with Crippen LogP contribution in [-0.4, -0.2) is 12.9 Å². The fourth-order valence-electron chi connectivity index (χ4n) is 2.65. The standard InChI is InChI=1S/C22H20O2/c1-16-3-7-20(8-4-16)22(23)21-13-11-19(12-14-21)18-9-5-17(6-10-18)15-24-2/h3-14H,15H2,1-2H3. The Morgan fingerprint density at radius 3 is 1.71 bits per heavy atom. The molecule has 0 fully saturated rings. The first-order valence-corrected chi connectivity index (χ1v) is 7.97. The van der Waals surface area contributed by atoms with E-state index >= 15 is 0 Å². The number of benzene rings is 3. The Morgan fingerprint density at radius 1 is 0.750 bits per heavy atom. The van der Waals surface area contributed by atoms with Crippen molar-refractivity contribution in [3.8, 4) is 11.1 Å². The first-order valence-electron chi connectivity index (χ1n) is 7.97. The number of hydrogen-bond donors (Lipinski definition) is 0. The maximum absolute atomic E-state index is 12.5. The molecular formula is C22H20O2. The molecule has 2 heteroatoms. The van der Waals surface area contributed by atoms with Gasteiger partial charge in [0.25, 0.3) is 0 Å². The first kappa shape index (κ1) is 16.2. The number of ketones is 1. The fourth-order valence-corrected chi connectivity index (χ4v) is 2.65. The molecule has 0 heterocycles. The van der Waals surface area contributed by atoms with Gasteiger partial charge in [0.2, 0.25) is 0 Å². The number of ether oxygens (including phenoxy) is 1. The third-order valence-corrected chi connectivity index (χ3v) is 4.06. The summed E-state index contributed by atoms with van der Waals surface area (Å²) >= 11 is 0. The van der Waals surface area contributed by atoms with Gasteiger partial charge in [-0.05, 0) is 23.6 Å². The average Bonchev–Trinajstić information content (AvgIpc) is 2.63. The molecule has 3 rings (SSSR count). The molecule has 0 radical (unpaired) electrons. The van der Waals surface area contributed by atoms with Crippen LogP contribution in [0.3, 0.4) is 0 Å². The number of methoxy groups -OCH3 is 1. The molecule has 3 aromatic rings. The van der Waals surface area contributed by atoms with Crippen molar-refractivity contribution < 1.29 is 9.53 Å². The van der Waals surface area contributed by atoms with Crippen LogP contribution in [-0.2, 0) is 11.3 Å². The van der Waals surface area contributed by atoms with E-state index in [0.29, 0.717) is 12.2 Å². The minimum absolute atomic E-state index is 0.0528. The van der Waals surface area contributed by atoms with Crippen LogP contribution in [0.25, 0.3) is 11.1 Å². The van der Waals surface area contributed by atoms with E-state index in [0.717, 1.165) is 27.8 Å². The monoisotopic (exact) mass is 316 g/mol. The van der Waals surface area contributed by atoms with E-state index in [1.807, 2.05) is 55.5 Å². The molecule has 0 unspecified atom stereocenters. The minimum Gasteiger partial charge on any atom is -0.380 e. The third-order valence-electron chi connectivity index (χ3n) is 4.06. The number of aryl methyl sites for hydroxylation is 1. The molecule has 0 saturated heterocycles. The van der Waals surface area contributed by atoms with Crippen LogP contribution in [0.4, 0.5) is 0 Å². The molecule has 0 aliphatic rings. The van der Waals surface area contributed by atoms with E-state index < -0.39 is 0 Å². The molecule has 24 heavy (non-hydrogen) atoms. The predicted octanol–water partition coefficient (Wildman–Crippen LogP) is 5.04. The van der Waals surface area contributed by atoms with Crippen LogP contribution >= 0.6 is 0 Å². The lowest BCUT2D eigenvalue weighted by atomic mass is 9.98. The van der Waals surface area contributed by atoms with E-state index in [-0.39, 0.29) is 5.78 Å². The van der Waals surface area contributed by atoms with Crippen molar-refractivity contribution in [1.82, 2.24) is 0 Å². The van der Waals surface area contributed by atoms with Crippen molar-refractivity contribution in [2.45, 2.75) is 13.5 Å². The summed E-state index contributed by atoms with van der Waals surface area (Å²) in [6, 6.07) is 23.7. The quantitative estimate of drug-likeness (QED) is 0.616. The van der Waals surface area contributed by atoms with E-state index in [1.54, 1.807) is 7.11 Å². The maximum atomic E-state index is 12.5. The van der Waals surface area contributed by atoms with Crippen molar-refractivity contribution in [2.75, 3.05) is 7.11 Å². The smallest absolute Gasteiger partial charge is 0.193 e. The lowest BCUT2D eigenvalue weighted by Gasteiger charge is -2.06. The van der Waals surface area contributed by atoms with Crippen LogP contribution in [0.15, 0.2) is 72.8 Å². The second-order valence-electron chi connectivity index (χ2n) is 5.90. The summed E-state index contributed by atoms with van der Waals surface area (Å²) in [5, 5.41) is 0. The summed E-state index contributed by atoms with van der Waals surface area (Å²) in [6.45, 7) is 2.63. The van der Waals surface area contributed by atoms with Crippen molar-refractivity contribution in [3.05, 3.63) is 95.1 Å². The van der Waals surface area contributed by atoms with Crippen LogP contribution in [0, 0.1) is 6.92 Å². The summed E-state index contributed by atoms with van der Waals surface area (Å²) in [5.41, 5.74) is 5.95. The summed E-state index contributed by atoms with van der Waals surface area (Å²) in [4.78, 5) is 12.5. The molecule has 0 bridgehead atoms. The van der Waals surface area contributed by atoms with Crippen LogP contribution in [0.1, 0.15) is 27.0 Å². The Labute approximate surface area is 142 Å². The molecule has 0 saturated carbocycles. The Hall–Kier alpha value is -2.71. The molecule has 2 nitrogen and oxygen atoms in total. The number of carbonyl (C=O) groups is 1. The van der Waals surface area contributed by atoms with Gasteiger partial charge in [0.15, 0.2) is 5.78 Å². The topological polar surface area (TPSA) is 26.3 Å².